The van der Waals surface area contributed by atoms with Gasteiger partial charge in [0.1, 0.15) is 0 Å². The van der Waals surface area contributed by atoms with Crippen molar-refractivity contribution in [3.05, 3.63) is 0 Å². The SMILES string of the molecule is OC1CCC(COCC(COCC2CCC(O)CC2)(COCC2CCCC(O)C2)COCC2CCC3OC3C2)CC1. The zero-order chi connectivity index (χ0) is 28.5. The van der Waals surface area contributed by atoms with Crippen LogP contribution in [-0.2, 0) is 23.7 Å². The van der Waals surface area contributed by atoms with Crippen LogP contribution >= 0.6 is 0 Å². The largest absolute Gasteiger partial charge is 0.393 e. The Hall–Kier alpha value is -0.320. The van der Waals surface area contributed by atoms with E-state index in [9.17, 15) is 15.3 Å². The van der Waals surface area contributed by atoms with E-state index >= 15 is 0 Å². The van der Waals surface area contributed by atoms with Crippen LogP contribution in [0.4, 0.5) is 0 Å². The number of aliphatic hydroxyl groups excluding tert-OH is 3. The molecule has 4 saturated carbocycles. The highest BCUT2D eigenvalue weighted by Gasteiger charge is 2.44. The molecule has 1 saturated heterocycles. The van der Waals surface area contributed by atoms with Crippen molar-refractivity contribution in [3.63, 3.8) is 0 Å². The van der Waals surface area contributed by atoms with Crippen LogP contribution in [0.5, 0.6) is 0 Å². The monoisotopic (exact) mass is 582 g/mol. The minimum atomic E-state index is -0.400. The Morgan fingerprint density at radius 2 is 0.927 bits per heavy atom. The van der Waals surface area contributed by atoms with Crippen molar-refractivity contribution in [1.82, 2.24) is 0 Å². The number of rotatable bonds is 16. The van der Waals surface area contributed by atoms with E-state index in [2.05, 4.69) is 0 Å². The van der Waals surface area contributed by atoms with Crippen LogP contribution in [0, 0.1) is 29.1 Å². The van der Waals surface area contributed by atoms with Gasteiger partial charge in [0.05, 0.1) is 62.4 Å². The van der Waals surface area contributed by atoms with Gasteiger partial charge in [-0.15, -0.1) is 0 Å². The Kier molecular flexibility index (Phi) is 12.6. The van der Waals surface area contributed by atoms with E-state index in [1.165, 1.54) is 6.42 Å². The van der Waals surface area contributed by atoms with Gasteiger partial charge >= 0.3 is 0 Å². The third kappa shape index (κ3) is 10.7. The van der Waals surface area contributed by atoms with Gasteiger partial charge in [-0.2, -0.15) is 0 Å². The number of hydrogen-bond acceptors (Lipinski definition) is 8. The Bertz CT molecular complexity index is 693. The average molecular weight is 583 g/mol. The van der Waals surface area contributed by atoms with Gasteiger partial charge in [-0.25, -0.2) is 0 Å². The van der Waals surface area contributed by atoms with Crippen LogP contribution in [0.2, 0.25) is 0 Å². The van der Waals surface area contributed by atoms with Crippen LogP contribution in [0.3, 0.4) is 0 Å². The van der Waals surface area contributed by atoms with Crippen LogP contribution in [0.25, 0.3) is 0 Å². The highest BCUT2D eigenvalue weighted by Crippen LogP contribution is 2.39. The van der Waals surface area contributed by atoms with E-state index in [4.69, 9.17) is 23.7 Å². The molecule has 0 aromatic rings. The van der Waals surface area contributed by atoms with Gasteiger partial charge in [-0.1, -0.05) is 6.42 Å². The van der Waals surface area contributed by atoms with Gasteiger partial charge in [0, 0.05) is 26.4 Å². The summed E-state index contributed by atoms with van der Waals surface area (Å²) in [7, 11) is 0. The maximum absolute atomic E-state index is 10.2. The molecule has 0 amide bonds. The molecule has 41 heavy (non-hydrogen) atoms. The predicted octanol–water partition coefficient (Wildman–Crippen LogP) is 4.26. The number of fused-ring (bicyclic) bond motifs is 1. The Morgan fingerprint density at radius 3 is 1.41 bits per heavy atom. The van der Waals surface area contributed by atoms with Gasteiger partial charge in [0.2, 0.25) is 0 Å². The molecule has 0 aromatic carbocycles. The summed E-state index contributed by atoms with van der Waals surface area (Å²) in [4.78, 5) is 0. The standard InChI is InChI=1S/C33H58O8/c34-28-9-4-24(5-10-28)16-37-20-33(21-38-17-25-6-11-29(35)12-7-25,22-39-18-26-2-1-3-30(36)14-26)23-40-19-27-8-13-31-32(15-27)41-31/h24-32,34-36H,1-23H2. The molecule has 8 heteroatoms. The lowest BCUT2D eigenvalue weighted by Crippen LogP contribution is -2.43. The molecule has 0 spiro atoms. The Labute approximate surface area is 247 Å². The minimum absolute atomic E-state index is 0.157. The highest BCUT2D eigenvalue weighted by atomic mass is 16.6. The molecule has 5 unspecified atom stereocenters. The third-order valence-electron chi connectivity index (χ3n) is 10.5. The fraction of sp³-hybridized carbons (Fsp3) is 1.00. The average Bonchev–Trinajstić information content (AvgIpc) is 3.74. The molecule has 4 aliphatic carbocycles. The van der Waals surface area contributed by atoms with Gasteiger partial charge in [-0.3, -0.25) is 0 Å². The molecular formula is C33H58O8. The molecule has 5 rings (SSSR count). The van der Waals surface area contributed by atoms with Crippen LogP contribution in [0.1, 0.15) is 96.3 Å². The van der Waals surface area contributed by atoms with Crippen LogP contribution in [-0.4, -0.2) is 98.7 Å². The summed E-state index contributed by atoms with van der Waals surface area (Å²) < 4.78 is 31.5. The first-order valence-corrected chi connectivity index (χ1v) is 17.0. The summed E-state index contributed by atoms with van der Waals surface area (Å²) in [5.74, 6) is 1.93. The van der Waals surface area contributed by atoms with Crippen molar-refractivity contribution in [2.24, 2.45) is 29.1 Å². The van der Waals surface area contributed by atoms with Crippen molar-refractivity contribution < 1.29 is 39.0 Å². The molecule has 0 aromatic heterocycles. The second-order valence-corrected chi connectivity index (χ2v) is 14.5. The lowest BCUT2D eigenvalue weighted by atomic mass is 9.87. The van der Waals surface area contributed by atoms with Crippen molar-refractivity contribution in [2.75, 3.05) is 52.9 Å². The summed E-state index contributed by atoms with van der Waals surface area (Å²) in [6.07, 6.45) is 15.3. The lowest BCUT2D eigenvalue weighted by Gasteiger charge is -2.36. The van der Waals surface area contributed by atoms with E-state index in [0.717, 1.165) is 96.5 Å². The van der Waals surface area contributed by atoms with E-state index in [1.807, 2.05) is 0 Å². The summed E-state index contributed by atoms with van der Waals surface area (Å²) in [5.41, 5.74) is -0.400. The van der Waals surface area contributed by atoms with Crippen molar-refractivity contribution in [2.45, 2.75) is 127 Å². The molecule has 5 fully saturated rings. The van der Waals surface area contributed by atoms with Gasteiger partial charge < -0.3 is 39.0 Å². The summed E-state index contributed by atoms with van der Waals surface area (Å²) in [6.45, 7) is 4.92. The predicted molar refractivity (Wildman–Crippen MR) is 156 cm³/mol. The third-order valence-corrected chi connectivity index (χ3v) is 10.5. The van der Waals surface area contributed by atoms with Crippen LogP contribution in [0.15, 0.2) is 0 Å². The summed E-state index contributed by atoms with van der Waals surface area (Å²) in [6, 6.07) is 0. The van der Waals surface area contributed by atoms with E-state index in [0.29, 0.717) is 82.1 Å². The molecule has 0 bridgehead atoms. The number of aliphatic hydroxyl groups is 3. The van der Waals surface area contributed by atoms with E-state index in [1.54, 1.807) is 0 Å². The van der Waals surface area contributed by atoms with E-state index < -0.39 is 5.41 Å². The van der Waals surface area contributed by atoms with E-state index in [-0.39, 0.29) is 18.3 Å². The molecular weight excluding hydrogens is 524 g/mol. The van der Waals surface area contributed by atoms with Gasteiger partial charge in [0.25, 0.3) is 0 Å². The second-order valence-electron chi connectivity index (χ2n) is 14.5. The van der Waals surface area contributed by atoms with Gasteiger partial charge in [-0.05, 0) is 114 Å². The number of epoxide rings is 1. The summed E-state index contributed by atoms with van der Waals surface area (Å²) >= 11 is 0. The zero-order valence-electron chi connectivity index (χ0n) is 25.3. The Morgan fingerprint density at radius 1 is 0.463 bits per heavy atom. The maximum Gasteiger partial charge on any atom is 0.0845 e. The molecule has 0 radical (unpaired) electrons. The zero-order valence-corrected chi connectivity index (χ0v) is 25.3. The first-order chi connectivity index (χ1) is 20.0. The van der Waals surface area contributed by atoms with Crippen molar-refractivity contribution in [1.29, 1.82) is 0 Å². The van der Waals surface area contributed by atoms with Crippen LogP contribution < -0.4 is 0 Å². The minimum Gasteiger partial charge on any atom is -0.393 e. The smallest absolute Gasteiger partial charge is 0.0845 e. The van der Waals surface area contributed by atoms with Crippen molar-refractivity contribution in [3.8, 4) is 0 Å². The first kappa shape index (κ1) is 32.1. The molecule has 5 atom stereocenters. The fourth-order valence-corrected chi connectivity index (χ4v) is 7.69. The maximum atomic E-state index is 10.2. The number of hydrogen-bond donors (Lipinski definition) is 3. The molecule has 238 valence electrons. The second kappa shape index (κ2) is 16.1. The Balaban J connectivity index is 1.17. The fourth-order valence-electron chi connectivity index (χ4n) is 7.69. The molecule has 5 aliphatic rings. The molecule has 1 aliphatic heterocycles. The van der Waals surface area contributed by atoms with Crippen molar-refractivity contribution >= 4 is 0 Å². The normalized spacial score (nSPS) is 39.1. The molecule has 1 heterocycles. The van der Waals surface area contributed by atoms with Gasteiger partial charge in [0.15, 0.2) is 0 Å². The first-order valence-electron chi connectivity index (χ1n) is 17.0. The molecule has 3 N–H and O–H groups in total. The topological polar surface area (TPSA) is 110 Å². The highest BCUT2D eigenvalue weighted by molar-refractivity contribution is 4.92. The summed E-state index contributed by atoms with van der Waals surface area (Å²) in [5, 5.41) is 30.0. The lowest BCUT2D eigenvalue weighted by molar-refractivity contribution is -0.123. The number of ether oxygens (including phenoxy) is 5. The quantitative estimate of drug-likeness (QED) is 0.232. The molecule has 8 nitrogen and oxygen atoms in total.